The van der Waals surface area contributed by atoms with Crippen molar-refractivity contribution in [2.75, 3.05) is 13.1 Å². The topological polar surface area (TPSA) is 95.0 Å². The summed E-state index contributed by atoms with van der Waals surface area (Å²) in [7, 11) is -2.20. The molecule has 0 unspecified atom stereocenters. The molecule has 1 aliphatic heterocycles. The third-order valence-electron chi connectivity index (χ3n) is 5.96. The van der Waals surface area contributed by atoms with E-state index in [1.165, 1.54) is 14.9 Å². The third kappa shape index (κ3) is 3.65. The molecule has 0 aliphatic carbocycles. The monoisotopic (exact) mass is 490 g/mol. The van der Waals surface area contributed by atoms with Crippen molar-refractivity contribution < 1.29 is 12.8 Å². The number of aromatic nitrogens is 5. The zero-order valence-electron chi connectivity index (χ0n) is 17.6. The summed E-state index contributed by atoms with van der Waals surface area (Å²) in [6.45, 7) is 0.394. The molecule has 0 radical (unpaired) electrons. The van der Waals surface area contributed by atoms with E-state index in [1.54, 1.807) is 40.8 Å². The van der Waals surface area contributed by atoms with Gasteiger partial charge in [-0.05, 0) is 49.2 Å². The van der Waals surface area contributed by atoms with Crippen molar-refractivity contribution in [3.63, 3.8) is 0 Å². The van der Waals surface area contributed by atoms with Gasteiger partial charge in [0.15, 0.2) is 11.5 Å². The number of aryl methyl sites for hydroxylation is 1. The fourth-order valence-corrected chi connectivity index (χ4v) is 6.23. The maximum atomic E-state index is 13.4. The lowest BCUT2D eigenvalue weighted by molar-refractivity contribution is 0.272. The number of pyridine rings is 1. The van der Waals surface area contributed by atoms with Crippen LogP contribution in [0.25, 0.3) is 17.0 Å². The number of imidazole rings is 1. The number of sulfonamides is 1. The van der Waals surface area contributed by atoms with Gasteiger partial charge in [-0.3, -0.25) is 9.13 Å². The van der Waals surface area contributed by atoms with Gasteiger partial charge in [0, 0.05) is 38.6 Å². The summed E-state index contributed by atoms with van der Waals surface area (Å²) in [5.74, 6) is -0.0206. The maximum Gasteiger partial charge on any atom is 0.330 e. The van der Waals surface area contributed by atoms with Crippen LogP contribution < -0.4 is 5.69 Å². The predicted molar refractivity (Wildman–Crippen MR) is 121 cm³/mol. The van der Waals surface area contributed by atoms with Crippen molar-refractivity contribution in [2.24, 2.45) is 7.05 Å². The van der Waals surface area contributed by atoms with Gasteiger partial charge >= 0.3 is 5.69 Å². The van der Waals surface area contributed by atoms with Crippen molar-refractivity contribution in [1.29, 1.82) is 0 Å². The third-order valence-corrected chi connectivity index (χ3v) is 8.34. The Hall–Kier alpha value is -3.02. The predicted octanol–water partition coefficient (Wildman–Crippen LogP) is 2.74. The van der Waals surface area contributed by atoms with E-state index in [-0.39, 0.29) is 34.7 Å². The number of hydrogen-bond acceptors (Lipinski definition) is 5. The molecule has 33 heavy (non-hydrogen) atoms. The molecule has 1 fully saturated rings. The van der Waals surface area contributed by atoms with E-state index >= 15 is 0 Å². The molecule has 0 N–H and O–H groups in total. The molecule has 0 amide bonds. The van der Waals surface area contributed by atoms with Crippen LogP contribution in [0, 0.1) is 5.82 Å². The van der Waals surface area contributed by atoms with E-state index in [0.29, 0.717) is 29.8 Å². The first kappa shape index (κ1) is 21.8. The Morgan fingerprint density at radius 2 is 1.91 bits per heavy atom. The van der Waals surface area contributed by atoms with Crippen LogP contribution in [-0.4, -0.2) is 49.7 Å². The molecule has 0 spiro atoms. The van der Waals surface area contributed by atoms with Gasteiger partial charge in [-0.25, -0.2) is 27.3 Å². The zero-order valence-corrected chi connectivity index (χ0v) is 19.2. The molecule has 12 heteroatoms. The van der Waals surface area contributed by atoms with Crippen LogP contribution in [0.5, 0.6) is 0 Å². The highest BCUT2D eigenvalue weighted by Gasteiger charge is 2.33. The van der Waals surface area contributed by atoms with E-state index in [9.17, 15) is 17.6 Å². The Labute approximate surface area is 193 Å². The van der Waals surface area contributed by atoms with Crippen molar-refractivity contribution >= 4 is 32.8 Å². The zero-order chi connectivity index (χ0) is 23.3. The summed E-state index contributed by atoms with van der Waals surface area (Å²) in [5, 5.41) is 4.04. The van der Waals surface area contributed by atoms with Crippen LogP contribution in [0.15, 0.2) is 58.5 Å². The smallest absolute Gasteiger partial charge is 0.293 e. The summed E-state index contributed by atoms with van der Waals surface area (Å²) >= 11 is 5.99. The standard InChI is InChI=1S/C21H20ClFN6O3S/c1-26-17-4-6-19(28-10-2-9-24-28)25-20(17)29(21(26)30)15-7-11-27(12-8-15)33(31,32)18-5-3-14(23)13-16(18)22/h2-6,9-10,13,15H,7-8,11-12H2,1H3. The summed E-state index contributed by atoms with van der Waals surface area (Å²) in [6, 6.07) is 8.41. The minimum atomic E-state index is -3.88. The Morgan fingerprint density at radius 1 is 1.15 bits per heavy atom. The van der Waals surface area contributed by atoms with Gasteiger partial charge in [-0.15, -0.1) is 0 Å². The van der Waals surface area contributed by atoms with Crippen LogP contribution in [0.1, 0.15) is 18.9 Å². The molecule has 1 aromatic carbocycles. The lowest BCUT2D eigenvalue weighted by atomic mass is 10.1. The Kier molecular flexibility index (Phi) is 5.34. The molecule has 1 saturated heterocycles. The van der Waals surface area contributed by atoms with Crippen LogP contribution in [0.4, 0.5) is 4.39 Å². The average Bonchev–Trinajstić information content (AvgIpc) is 3.41. The lowest BCUT2D eigenvalue weighted by Crippen LogP contribution is -2.41. The van der Waals surface area contributed by atoms with Crippen LogP contribution in [0.3, 0.4) is 0 Å². The fourth-order valence-electron chi connectivity index (χ4n) is 4.25. The molecule has 1 aliphatic rings. The van der Waals surface area contributed by atoms with E-state index in [1.807, 2.05) is 6.07 Å². The van der Waals surface area contributed by atoms with E-state index in [4.69, 9.17) is 11.6 Å². The highest BCUT2D eigenvalue weighted by atomic mass is 35.5. The molecule has 3 aromatic heterocycles. The van der Waals surface area contributed by atoms with Crippen LogP contribution in [0.2, 0.25) is 5.02 Å². The van der Waals surface area contributed by atoms with Gasteiger partial charge in [-0.2, -0.15) is 9.40 Å². The highest BCUT2D eigenvalue weighted by molar-refractivity contribution is 7.89. The van der Waals surface area contributed by atoms with Crippen molar-refractivity contribution in [1.82, 2.24) is 28.2 Å². The molecule has 4 aromatic rings. The first-order chi connectivity index (χ1) is 15.8. The Bertz CT molecular complexity index is 1510. The number of fused-ring (bicyclic) bond motifs is 1. The lowest BCUT2D eigenvalue weighted by Gasteiger charge is -2.31. The van der Waals surface area contributed by atoms with Crippen LogP contribution in [-0.2, 0) is 17.1 Å². The van der Waals surface area contributed by atoms with Gasteiger partial charge in [0.2, 0.25) is 10.0 Å². The van der Waals surface area contributed by atoms with Gasteiger partial charge in [0.05, 0.1) is 10.5 Å². The summed E-state index contributed by atoms with van der Waals surface area (Å²) < 4.78 is 45.6. The number of halogens is 2. The number of piperidine rings is 1. The molecular weight excluding hydrogens is 471 g/mol. The van der Waals surface area contributed by atoms with Crippen LogP contribution >= 0.6 is 11.6 Å². The quantitative estimate of drug-likeness (QED) is 0.438. The second kappa shape index (κ2) is 8.08. The number of rotatable bonds is 4. The van der Waals surface area contributed by atoms with Gasteiger partial charge in [0.1, 0.15) is 10.7 Å². The maximum absolute atomic E-state index is 13.4. The molecule has 5 rings (SSSR count). The molecule has 0 saturated carbocycles. The SMILES string of the molecule is Cn1c(=O)n(C2CCN(S(=O)(=O)c3ccc(F)cc3Cl)CC2)c2nc(-n3cccn3)ccc21. The number of nitrogens with zero attached hydrogens (tertiary/aromatic N) is 6. The minimum Gasteiger partial charge on any atom is -0.293 e. The van der Waals surface area contributed by atoms with Gasteiger partial charge in [0.25, 0.3) is 0 Å². The Balaban J connectivity index is 1.45. The first-order valence-corrected chi connectivity index (χ1v) is 12.1. The second-order valence-electron chi connectivity index (χ2n) is 7.88. The fraction of sp³-hybridized carbons (Fsp3) is 0.286. The summed E-state index contributed by atoms with van der Waals surface area (Å²) in [5.41, 5.74) is 1.00. The average molecular weight is 491 g/mol. The molecule has 9 nitrogen and oxygen atoms in total. The molecule has 172 valence electrons. The van der Waals surface area contributed by atoms with Gasteiger partial charge < -0.3 is 0 Å². The minimum absolute atomic E-state index is 0.128. The number of hydrogen-bond donors (Lipinski definition) is 0. The largest absolute Gasteiger partial charge is 0.330 e. The molecular formula is C21H20ClFN6O3S. The van der Waals surface area contributed by atoms with E-state index in [0.717, 1.165) is 12.1 Å². The molecule has 0 atom stereocenters. The van der Waals surface area contributed by atoms with Crippen molar-refractivity contribution in [3.05, 3.63) is 70.1 Å². The number of benzene rings is 1. The normalized spacial score (nSPS) is 16.0. The molecule has 0 bridgehead atoms. The van der Waals surface area contributed by atoms with Gasteiger partial charge in [-0.1, -0.05) is 11.6 Å². The Morgan fingerprint density at radius 3 is 2.58 bits per heavy atom. The second-order valence-corrected chi connectivity index (χ2v) is 10.2. The first-order valence-electron chi connectivity index (χ1n) is 10.3. The summed E-state index contributed by atoms with van der Waals surface area (Å²) in [6.07, 6.45) is 4.26. The van der Waals surface area contributed by atoms with E-state index < -0.39 is 15.8 Å². The van der Waals surface area contributed by atoms with Crippen molar-refractivity contribution in [3.8, 4) is 5.82 Å². The highest BCUT2D eigenvalue weighted by Crippen LogP contribution is 2.31. The van der Waals surface area contributed by atoms with E-state index in [2.05, 4.69) is 10.1 Å². The summed E-state index contributed by atoms with van der Waals surface area (Å²) in [4.78, 5) is 17.6. The van der Waals surface area contributed by atoms with Crippen molar-refractivity contribution in [2.45, 2.75) is 23.8 Å². The molecule has 4 heterocycles.